The number of nitrogens with two attached hydrogens (primary N) is 1. The Labute approximate surface area is 103 Å². The SMILES string of the molecule is CC(N)CCC(=O)NCC(C)c1ccccc1. The molecule has 94 valence electrons. The number of nitrogens with one attached hydrogen (secondary N) is 1. The molecule has 0 radical (unpaired) electrons. The molecule has 1 amide bonds. The van der Waals surface area contributed by atoms with Crippen LogP contribution >= 0.6 is 0 Å². The first kappa shape index (κ1) is 13.7. The fraction of sp³-hybridized carbons (Fsp3) is 0.500. The van der Waals surface area contributed by atoms with Crippen LogP contribution in [0.4, 0.5) is 0 Å². The smallest absolute Gasteiger partial charge is 0.220 e. The second-order valence-electron chi connectivity index (χ2n) is 4.63. The van der Waals surface area contributed by atoms with Gasteiger partial charge in [-0.05, 0) is 24.8 Å². The Morgan fingerprint density at radius 3 is 2.53 bits per heavy atom. The third-order valence-electron chi connectivity index (χ3n) is 2.80. The summed E-state index contributed by atoms with van der Waals surface area (Å²) in [7, 11) is 0. The maximum absolute atomic E-state index is 11.5. The molecule has 17 heavy (non-hydrogen) atoms. The van der Waals surface area contributed by atoms with Crippen molar-refractivity contribution < 1.29 is 4.79 Å². The van der Waals surface area contributed by atoms with Crippen molar-refractivity contribution in [3.63, 3.8) is 0 Å². The van der Waals surface area contributed by atoms with Gasteiger partial charge in [-0.1, -0.05) is 37.3 Å². The van der Waals surface area contributed by atoms with E-state index in [0.29, 0.717) is 18.9 Å². The first-order valence-corrected chi connectivity index (χ1v) is 6.17. The predicted molar refractivity (Wildman–Crippen MR) is 70.8 cm³/mol. The van der Waals surface area contributed by atoms with Crippen LogP contribution in [0, 0.1) is 0 Å². The maximum Gasteiger partial charge on any atom is 0.220 e. The van der Waals surface area contributed by atoms with E-state index in [1.165, 1.54) is 5.56 Å². The van der Waals surface area contributed by atoms with Crippen LogP contribution in [0.25, 0.3) is 0 Å². The van der Waals surface area contributed by atoms with Gasteiger partial charge in [-0.2, -0.15) is 0 Å². The monoisotopic (exact) mass is 234 g/mol. The van der Waals surface area contributed by atoms with E-state index in [-0.39, 0.29) is 11.9 Å². The van der Waals surface area contributed by atoms with Gasteiger partial charge in [0.25, 0.3) is 0 Å². The van der Waals surface area contributed by atoms with Gasteiger partial charge in [-0.3, -0.25) is 4.79 Å². The van der Waals surface area contributed by atoms with E-state index in [4.69, 9.17) is 5.73 Å². The van der Waals surface area contributed by atoms with Gasteiger partial charge in [0, 0.05) is 19.0 Å². The first-order valence-electron chi connectivity index (χ1n) is 6.17. The zero-order chi connectivity index (χ0) is 12.7. The van der Waals surface area contributed by atoms with Crippen LogP contribution in [0.3, 0.4) is 0 Å². The van der Waals surface area contributed by atoms with Gasteiger partial charge in [0.2, 0.25) is 5.91 Å². The Kier molecular flexibility index (Phi) is 5.70. The van der Waals surface area contributed by atoms with Crippen molar-refractivity contribution in [3.05, 3.63) is 35.9 Å². The molecule has 1 rings (SSSR count). The summed E-state index contributed by atoms with van der Waals surface area (Å²) in [6.07, 6.45) is 1.25. The van der Waals surface area contributed by atoms with Crippen LogP contribution in [-0.4, -0.2) is 18.5 Å². The molecule has 0 aliphatic rings. The van der Waals surface area contributed by atoms with E-state index < -0.39 is 0 Å². The van der Waals surface area contributed by atoms with E-state index in [1.807, 2.05) is 25.1 Å². The third kappa shape index (κ3) is 5.50. The Balaban J connectivity index is 2.29. The number of hydrogen-bond donors (Lipinski definition) is 2. The van der Waals surface area contributed by atoms with E-state index in [9.17, 15) is 4.79 Å². The quantitative estimate of drug-likeness (QED) is 0.791. The second kappa shape index (κ2) is 7.07. The molecule has 3 heteroatoms. The maximum atomic E-state index is 11.5. The highest BCUT2D eigenvalue weighted by Crippen LogP contribution is 2.12. The van der Waals surface area contributed by atoms with Crippen molar-refractivity contribution >= 4 is 5.91 Å². The molecule has 1 aromatic carbocycles. The molecule has 0 aromatic heterocycles. The van der Waals surface area contributed by atoms with Gasteiger partial charge in [-0.25, -0.2) is 0 Å². The van der Waals surface area contributed by atoms with E-state index >= 15 is 0 Å². The number of rotatable bonds is 6. The lowest BCUT2D eigenvalue weighted by molar-refractivity contribution is -0.121. The Bertz CT molecular complexity index is 335. The third-order valence-corrected chi connectivity index (χ3v) is 2.80. The fourth-order valence-electron chi connectivity index (χ4n) is 1.61. The molecular formula is C14H22N2O. The van der Waals surface area contributed by atoms with Crippen LogP contribution in [-0.2, 0) is 4.79 Å². The molecule has 0 bridgehead atoms. The van der Waals surface area contributed by atoms with Crippen LogP contribution in [0.5, 0.6) is 0 Å². The lowest BCUT2D eigenvalue weighted by atomic mass is 10.0. The number of amides is 1. The van der Waals surface area contributed by atoms with Crippen molar-refractivity contribution in [2.24, 2.45) is 5.73 Å². The summed E-state index contributed by atoms with van der Waals surface area (Å²) < 4.78 is 0. The topological polar surface area (TPSA) is 55.1 Å². The van der Waals surface area contributed by atoms with Crippen molar-refractivity contribution in [1.82, 2.24) is 5.32 Å². The highest BCUT2D eigenvalue weighted by Gasteiger charge is 2.07. The molecule has 1 aromatic rings. The van der Waals surface area contributed by atoms with Crippen LogP contribution < -0.4 is 11.1 Å². The minimum absolute atomic E-state index is 0.0880. The summed E-state index contributed by atoms with van der Waals surface area (Å²) in [6.45, 7) is 4.71. The summed E-state index contributed by atoms with van der Waals surface area (Å²) in [6, 6.07) is 10.3. The van der Waals surface area contributed by atoms with Crippen molar-refractivity contribution in [2.75, 3.05) is 6.54 Å². The summed E-state index contributed by atoms with van der Waals surface area (Å²) in [5.74, 6) is 0.431. The molecule has 3 N–H and O–H groups in total. The lowest BCUT2D eigenvalue weighted by Crippen LogP contribution is -2.29. The highest BCUT2D eigenvalue weighted by atomic mass is 16.1. The van der Waals surface area contributed by atoms with E-state index in [0.717, 1.165) is 6.42 Å². The Morgan fingerprint density at radius 2 is 1.94 bits per heavy atom. The molecule has 0 saturated heterocycles. The van der Waals surface area contributed by atoms with Crippen molar-refractivity contribution in [1.29, 1.82) is 0 Å². The van der Waals surface area contributed by atoms with Gasteiger partial charge in [0.15, 0.2) is 0 Å². The van der Waals surface area contributed by atoms with Crippen molar-refractivity contribution in [3.8, 4) is 0 Å². The number of hydrogen-bond acceptors (Lipinski definition) is 2. The number of carbonyl (C=O) groups is 1. The van der Waals surface area contributed by atoms with Gasteiger partial charge in [0.05, 0.1) is 0 Å². The molecule has 3 nitrogen and oxygen atoms in total. The summed E-state index contributed by atoms with van der Waals surface area (Å²) in [4.78, 5) is 11.5. The average Bonchev–Trinajstić information content (AvgIpc) is 2.34. The zero-order valence-electron chi connectivity index (χ0n) is 10.6. The lowest BCUT2D eigenvalue weighted by Gasteiger charge is -2.13. The summed E-state index contributed by atoms with van der Waals surface area (Å²) in [5.41, 5.74) is 6.86. The molecule has 0 fully saturated rings. The molecule has 0 spiro atoms. The first-order chi connectivity index (χ1) is 8.09. The summed E-state index contributed by atoms with van der Waals surface area (Å²) >= 11 is 0. The van der Waals surface area contributed by atoms with Crippen molar-refractivity contribution in [2.45, 2.75) is 38.6 Å². The fourth-order valence-corrected chi connectivity index (χ4v) is 1.61. The average molecular weight is 234 g/mol. The molecule has 2 atom stereocenters. The minimum Gasteiger partial charge on any atom is -0.356 e. The number of benzene rings is 1. The zero-order valence-corrected chi connectivity index (χ0v) is 10.6. The summed E-state index contributed by atoms with van der Waals surface area (Å²) in [5, 5.41) is 2.94. The van der Waals surface area contributed by atoms with Gasteiger partial charge in [0.1, 0.15) is 0 Å². The van der Waals surface area contributed by atoms with Crippen LogP contribution in [0.2, 0.25) is 0 Å². The molecule has 2 unspecified atom stereocenters. The van der Waals surface area contributed by atoms with Gasteiger partial charge >= 0.3 is 0 Å². The predicted octanol–water partition coefficient (Wildman–Crippen LogP) is 2.03. The largest absolute Gasteiger partial charge is 0.356 e. The van der Waals surface area contributed by atoms with Crippen LogP contribution in [0.15, 0.2) is 30.3 Å². The number of carbonyl (C=O) groups excluding carboxylic acids is 1. The van der Waals surface area contributed by atoms with E-state index in [1.54, 1.807) is 0 Å². The molecule has 0 aliphatic carbocycles. The van der Waals surface area contributed by atoms with Gasteiger partial charge < -0.3 is 11.1 Å². The van der Waals surface area contributed by atoms with Crippen LogP contribution in [0.1, 0.15) is 38.2 Å². The normalized spacial score (nSPS) is 14.1. The standard InChI is InChI=1S/C14H22N2O/c1-11(13-6-4-3-5-7-13)10-16-14(17)9-8-12(2)15/h3-7,11-12H,8-10,15H2,1-2H3,(H,16,17). The highest BCUT2D eigenvalue weighted by molar-refractivity contribution is 5.75. The molecular weight excluding hydrogens is 212 g/mol. The van der Waals surface area contributed by atoms with Gasteiger partial charge in [-0.15, -0.1) is 0 Å². The molecule has 0 aliphatic heterocycles. The minimum atomic E-state index is 0.0880. The Morgan fingerprint density at radius 1 is 1.29 bits per heavy atom. The molecule has 0 heterocycles. The Hall–Kier alpha value is -1.35. The molecule has 0 saturated carbocycles. The second-order valence-corrected chi connectivity index (χ2v) is 4.63. The van der Waals surface area contributed by atoms with E-state index in [2.05, 4.69) is 24.4 Å².